The molecule has 0 unspecified atom stereocenters. The van der Waals surface area contributed by atoms with Gasteiger partial charge in [0.05, 0.1) is 7.11 Å². The SMILES string of the molecule is CC.CC(C)CN(CC(C)C)c1cc(Cl)nc2cc(C(=O)N3C[C@H]4C[C@H]4C3)nn12.COC(C)=O. The minimum Gasteiger partial charge on any atom is -0.469 e. The Morgan fingerprint density at radius 2 is 1.65 bits per heavy atom. The highest BCUT2D eigenvalue weighted by molar-refractivity contribution is 6.29. The predicted octanol–water partition coefficient (Wildman–Crippen LogP) is 4.80. The number of methoxy groups -OCH3 is 1. The second-order valence-electron chi connectivity index (χ2n) is 9.59. The quantitative estimate of drug-likeness (QED) is 0.425. The molecule has 2 atom stereocenters. The maximum absolute atomic E-state index is 12.9. The number of rotatable bonds is 6. The van der Waals surface area contributed by atoms with Crippen molar-refractivity contribution in [3.63, 3.8) is 0 Å². The number of amides is 1. The first-order chi connectivity index (χ1) is 16.1. The number of carbonyl (C=O) groups excluding carboxylic acids is 2. The van der Waals surface area contributed by atoms with Crippen molar-refractivity contribution in [1.29, 1.82) is 0 Å². The van der Waals surface area contributed by atoms with E-state index in [4.69, 9.17) is 11.6 Å². The van der Waals surface area contributed by atoms with Crippen LogP contribution in [0.5, 0.6) is 0 Å². The molecule has 1 saturated heterocycles. The van der Waals surface area contributed by atoms with E-state index in [1.807, 2.05) is 24.8 Å². The van der Waals surface area contributed by atoms with E-state index < -0.39 is 0 Å². The van der Waals surface area contributed by atoms with Gasteiger partial charge in [0, 0.05) is 45.2 Å². The van der Waals surface area contributed by atoms with Gasteiger partial charge in [-0.05, 0) is 30.1 Å². The lowest BCUT2D eigenvalue weighted by Gasteiger charge is -2.28. The van der Waals surface area contributed by atoms with Crippen molar-refractivity contribution in [2.24, 2.45) is 23.7 Å². The number of hydrogen-bond donors (Lipinski definition) is 0. The number of fused-ring (bicyclic) bond motifs is 2. The minimum absolute atomic E-state index is 0.00837. The van der Waals surface area contributed by atoms with Crippen LogP contribution in [0.1, 0.15) is 65.4 Å². The molecule has 2 aliphatic rings. The topological polar surface area (TPSA) is 80.0 Å². The molecule has 2 aromatic rings. The number of hydrogen-bond acceptors (Lipinski definition) is 6. The van der Waals surface area contributed by atoms with E-state index in [2.05, 4.69) is 47.4 Å². The molecule has 9 heteroatoms. The van der Waals surface area contributed by atoms with Gasteiger partial charge >= 0.3 is 5.97 Å². The summed E-state index contributed by atoms with van der Waals surface area (Å²) in [7, 11) is 1.35. The summed E-state index contributed by atoms with van der Waals surface area (Å²) >= 11 is 6.31. The first-order valence-corrected chi connectivity index (χ1v) is 12.6. The number of anilines is 1. The normalized spacial score (nSPS) is 18.1. The third-order valence-corrected chi connectivity index (χ3v) is 5.84. The fraction of sp³-hybridized carbons (Fsp3) is 0.680. The molecule has 1 amide bonds. The van der Waals surface area contributed by atoms with Gasteiger partial charge in [-0.3, -0.25) is 9.59 Å². The lowest BCUT2D eigenvalue weighted by Crippen LogP contribution is -2.33. The average Bonchev–Trinajstić information content (AvgIpc) is 3.18. The van der Waals surface area contributed by atoms with E-state index in [0.717, 1.165) is 32.0 Å². The van der Waals surface area contributed by atoms with E-state index in [1.165, 1.54) is 20.5 Å². The Kier molecular flexibility index (Phi) is 10.2. The predicted molar refractivity (Wildman–Crippen MR) is 136 cm³/mol. The fourth-order valence-corrected chi connectivity index (χ4v) is 4.31. The van der Waals surface area contributed by atoms with Crippen molar-refractivity contribution in [3.05, 3.63) is 23.0 Å². The fourth-order valence-electron chi connectivity index (χ4n) is 4.13. The first-order valence-electron chi connectivity index (χ1n) is 12.2. The Labute approximate surface area is 208 Å². The highest BCUT2D eigenvalue weighted by atomic mass is 35.5. The summed E-state index contributed by atoms with van der Waals surface area (Å²) in [6.45, 7) is 17.7. The monoisotopic (exact) mass is 493 g/mol. The molecule has 2 fully saturated rings. The summed E-state index contributed by atoms with van der Waals surface area (Å²) in [6, 6.07) is 3.62. The van der Waals surface area contributed by atoms with Gasteiger partial charge in [0.2, 0.25) is 0 Å². The molecule has 8 nitrogen and oxygen atoms in total. The van der Waals surface area contributed by atoms with Crippen molar-refractivity contribution < 1.29 is 14.3 Å². The van der Waals surface area contributed by atoms with Crippen molar-refractivity contribution in [2.45, 2.75) is 54.9 Å². The summed E-state index contributed by atoms with van der Waals surface area (Å²) in [5.74, 6) is 3.08. The third-order valence-electron chi connectivity index (χ3n) is 5.64. The molecule has 0 bridgehead atoms. The lowest BCUT2D eigenvalue weighted by atomic mass is 10.1. The molecule has 4 rings (SSSR count). The first kappa shape index (κ1) is 27.9. The zero-order valence-electron chi connectivity index (χ0n) is 21.8. The Bertz CT molecular complexity index is 955. The zero-order valence-corrected chi connectivity index (χ0v) is 22.6. The molecule has 1 aliphatic heterocycles. The molecular formula is C25H40ClN5O3. The van der Waals surface area contributed by atoms with Crippen LogP contribution in [0.15, 0.2) is 12.1 Å². The largest absolute Gasteiger partial charge is 0.469 e. The summed E-state index contributed by atoms with van der Waals surface area (Å²) in [5.41, 5.74) is 1.09. The number of halogens is 1. The van der Waals surface area contributed by atoms with E-state index in [1.54, 1.807) is 10.6 Å². The van der Waals surface area contributed by atoms with Gasteiger partial charge < -0.3 is 14.5 Å². The van der Waals surface area contributed by atoms with Crippen LogP contribution >= 0.6 is 11.6 Å². The number of likely N-dealkylation sites (tertiary alicyclic amines) is 1. The number of esters is 1. The molecule has 0 N–H and O–H groups in total. The number of piperidine rings is 1. The molecule has 190 valence electrons. The van der Waals surface area contributed by atoms with Gasteiger partial charge in [0.15, 0.2) is 11.3 Å². The lowest BCUT2D eigenvalue weighted by molar-refractivity contribution is -0.137. The van der Waals surface area contributed by atoms with Crippen molar-refractivity contribution in [1.82, 2.24) is 19.5 Å². The molecule has 0 radical (unpaired) electrons. The van der Waals surface area contributed by atoms with E-state index in [0.29, 0.717) is 40.2 Å². The molecule has 1 saturated carbocycles. The Balaban J connectivity index is 0.000000520. The molecular weight excluding hydrogens is 454 g/mol. The van der Waals surface area contributed by atoms with Crippen LogP contribution in [-0.2, 0) is 9.53 Å². The second kappa shape index (κ2) is 12.4. The van der Waals surface area contributed by atoms with Crippen molar-refractivity contribution in [2.75, 3.05) is 38.2 Å². The van der Waals surface area contributed by atoms with Gasteiger partial charge in [-0.1, -0.05) is 53.1 Å². The zero-order chi connectivity index (χ0) is 25.6. The van der Waals surface area contributed by atoms with Crippen molar-refractivity contribution >= 4 is 34.9 Å². The molecule has 3 heterocycles. The summed E-state index contributed by atoms with van der Waals surface area (Å²) in [6.07, 6.45) is 1.27. The molecule has 34 heavy (non-hydrogen) atoms. The highest BCUT2D eigenvalue weighted by Gasteiger charge is 2.47. The molecule has 2 aromatic heterocycles. The maximum Gasteiger partial charge on any atom is 0.302 e. The minimum atomic E-state index is -0.245. The molecule has 0 spiro atoms. The van der Waals surface area contributed by atoms with Gasteiger partial charge in [0.25, 0.3) is 5.91 Å². The van der Waals surface area contributed by atoms with Gasteiger partial charge in [0.1, 0.15) is 11.0 Å². The standard InChI is InChI=1S/C20H28ClN5O.C3H6O2.C2H6/c1-12(2)8-24(9-13(3)4)19-7-17(21)22-18-6-16(23-26(18)19)20(27)25-10-14-5-15(14)11-25;1-3(4)5-2;1-2/h6-7,12-15H,5,8-11H2,1-4H3;1-2H3;1-2H3/t14-,15+;;. The molecule has 1 aliphatic carbocycles. The Morgan fingerprint density at radius 3 is 2.12 bits per heavy atom. The van der Waals surface area contributed by atoms with Crippen LogP contribution in [-0.4, -0.2) is 64.7 Å². The summed E-state index contributed by atoms with van der Waals surface area (Å²) in [4.78, 5) is 31.1. The van der Waals surface area contributed by atoms with Gasteiger partial charge in [-0.25, -0.2) is 4.98 Å². The van der Waals surface area contributed by atoms with Crippen LogP contribution in [0.25, 0.3) is 5.65 Å². The van der Waals surface area contributed by atoms with E-state index in [9.17, 15) is 9.59 Å². The Hall–Kier alpha value is -2.35. The number of carbonyl (C=O) groups is 2. The van der Waals surface area contributed by atoms with E-state index in [-0.39, 0.29) is 11.9 Å². The van der Waals surface area contributed by atoms with Crippen molar-refractivity contribution in [3.8, 4) is 0 Å². The smallest absolute Gasteiger partial charge is 0.302 e. The number of nitrogens with zero attached hydrogens (tertiary/aromatic N) is 5. The van der Waals surface area contributed by atoms with Gasteiger partial charge in [-0.15, -0.1) is 0 Å². The van der Waals surface area contributed by atoms with Crippen LogP contribution in [0.4, 0.5) is 5.82 Å². The van der Waals surface area contributed by atoms with Crippen LogP contribution in [0, 0.1) is 23.7 Å². The summed E-state index contributed by atoms with van der Waals surface area (Å²) in [5, 5.41) is 5.06. The van der Waals surface area contributed by atoms with Crippen LogP contribution in [0.3, 0.4) is 0 Å². The third kappa shape index (κ3) is 7.32. The van der Waals surface area contributed by atoms with E-state index >= 15 is 0 Å². The molecule has 0 aromatic carbocycles. The number of ether oxygens (including phenoxy) is 1. The van der Waals surface area contributed by atoms with Crippen LogP contribution in [0.2, 0.25) is 5.15 Å². The van der Waals surface area contributed by atoms with Crippen LogP contribution < -0.4 is 4.90 Å². The summed E-state index contributed by atoms with van der Waals surface area (Å²) < 4.78 is 5.89. The Morgan fingerprint density at radius 1 is 1.12 bits per heavy atom. The average molecular weight is 494 g/mol. The highest BCUT2D eigenvalue weighted by Crippen LogP contribution is 2.45. The number of aromatic nitrogens is 3. The second-order valence-corrected chi connectivity index (χ2v) is 9.98. The van der Waals surface area contributed by atoms with Gasteiger partial charge in [-0.2, -0.15) is 9.61 Å². The maximum atomic E-state index is 12.9.